The Morgan fingerprint density at radius 2 is 1.59 bits per heavy atom. The number of aryl methyl sites for hydroxylation is 1. The van der Waals surface area contributed by atoms with Crippen LogP contribution < -0.4 is 0 Å². The average Bonchev–Trinajstić information content (AvgIpc) is 2.24. The van der Waals surface area contributed by atoms with Crippen molar-refractivity contribution in [2.75, 3.05) is 0 Å². The van der Waals surface area contributed by atoms with Gasteiger partial charge in [0.2, 0.25) is 0 Å². The summed E-state index contributed by atoms with van der Waals surface area (Å²) in [6.07, 6.45) is 1.44. The molecule has 1 rings (SSSR count). The van der Waals surface area contributed by atoms with Crippen LogP contribution in [-0.2, 0) is 16.0 Å². The molecule has 88 valence electrons. The van der Waals surface area contributed by atoms with Crippen molar-refractivity contribution in [3.05, 3.63) is 35.9 Å². The van der Waals surface area contributed by atoms with Crippen LogP contribution in [0.5, 0.6) is 0 Å². The van der Waals surface area contributed by atoms with Crippen LogP contribution in [-0.4, -0.2) is 41.0 Å². The van der Waals surface area contributed by atoms with Gasteiger partial charge in [0.05, 0.1) is 0 Å². The zero-order chi connectivity index (χ0) is 12.0. The summed E-state index contributed by atoms with van der Waals surface area (Å²) in [7, 11) is 0. The summed E-state index contributed by atoms with van der Waals surface area (Å²) >= 11 is 0. The standard InChI is InChI=1S/C12H14O4.Li.H/c13-11(14)10(12(15)16)8-4-7-9-5-2-1-3-6-9;;/h1-3,5-6,10H,4,7-8H2,(H,13,14)(H,15,16);;. The Morgan fingerprint density at radius 3 is 2.06 bits per heavy atom. The Bertz CT molecular complexity index is 350. The first-order chi connectivity index (χ1) is 7.61. The summed E-state index contributed by atoms with van der Waals surface area (Å²) in [4.78, 5) is 21.2. The average molecular weight is 230 g/mol. The molecule has 17 heavy (non-hydrogen) atoms. The molecular formula is C12H15LiO4. The second-order valence-electron chi connectivity index (χ2n) is 3.61. The molecule has 0 aromatic heterocycles. The van der Waals surface area contributed by atoms with Crippen LogP contribution in [0.15, 0.2) is 30.3 Å². The molecular weight excluding hydrogens is 215 g/mol. The van der Waals surface area contributed by atoms with Crippen molar-refractivity contribution in [3.63, 3.8) is 0 Å². The molecule has 0 spiro atoms. The van der Waals surface area contributed by atoms with Gasteiger partial charge in [0.15, 0.2) is 5.92 Å². The third-order valence-corrected chi connectivity index (χ3v) is 2.40. The number of benzene rings is 1. The van der Waals surface area contributed by atoms with E-state index in [-0.39, 0.29) is 25.3 Å². The maximum atomic E-state index is 10.6. The van der Waals surface area contributed by atoms with E-state index in [1.807, 2.05) is 30.3 Å². The van der Waals surface area contributed by atoms with E-state index >= 15 is 0 Å². The second-order valence-corrected chi connectivity index (χ2v) is 3.61. The summed E-state index contributed by atoms with van der Waals surface area (Å²) in [6.45, 7) is 0. The van der Waals surface area contributed by atoms with Crippen LogP contribution in [0.2, 0.25) is 0 Å². The van der Waals surface area contributed by atoms with Crippen LogP contribution in [0.4, 0.5) is 0 Å². The normalized spacial score (nSPS) is 9.71. The van der Waals surface area contributed by atoms with E-state index in [0.29, 0.717) is 12.8 Å². The molecule has 1 aromatic rings. The number of carbonyl (C=O) groups is 2. The molecule has 0 aliphatic heterocycles. The molecule has 0 amide bonds. The number of hydrogen-bond acceptors (Lipinski definition) is 2. The first-order valence-electron chi connectivity index (χ1n) is 5.11. The van der Waals surface area contributed by atoms with E-state index < -0.39 is 17.9 Å². The molecule has 0 atom stereocenters. The molecule has 0 radical (unpaired) electrons. The van der Waals surface area contributed by atoms with E-state index in [2.05, 4.69) is 0 Å². The molecule has 0 unspecified atom stereocenters. The van der Waals surface area contributed by atoms with E-state index in [1.165, 1.54) is 0 Å². The molecule has 0 saturated carbocycles. The Morgan fingerprint density at radius 1 is 1.06 bits per heavy atom. The van der Waals surface area contributed by atoms with E-state index in [0.717, 1.165) is 5.56 Å². The SMILES string of the molecule is O=C(O)C(CCCc1ccccc1)C(=O)O.[LiH]. The van der Waals surface area contributed by atoms with Gasteiger partial charge in [0.1, 0.15) is 0 Å². The van der Waals surface area contributed by atoms with Gasteiger partial charge in [-0.05, 0) is 24.8 Å². The predicted molar refractivity (Wildman–Crippen MR) is 65.3 cm³/mol. The minimum atomic E-state index is -1.29. The number of carboxylic acid groups (broad SMARTS) is 2. The summed E-state index contributed by atoms with van der Waals surface area (Å²) in [6, 6.07) is 9.59. The van der Waals surface area contributed by atoms with E-state index in [9.17, 15) is 9.59 Å². The van der Waals surface area contributed by atoms with Crippen molar-refractivity contribution in [1.82, 2.24) is 0 Å². The molecule has 5 heteroatoms. The Hall–Kier alpha value is -1.24. The molecule has 4 nitrogen and oxygen atoms in total. The van der Waals surface area contributed by atoms with Gasteiger partial charge in [-0.25, -0.2) is 0 Å². The molecule has 0 aliphatic carbocycles. The Labute approximate surface area is 112 Å². The van der Waals surface area contributed by atoms with Gasteiger partial charge in [0.25, 0.3) is 0 Å². The van der Waals surface area contributed by atoms with Crippen molar-refractivity contribution < 1.29 is 19.8 Å². The van der Waals surface area contributed by atoms with Crippen molar-refractivity contribution in [2.45, 2.75) is 19.3 Å². The molecule has 0 fully saturated rings. The quantitative estimate of drug-likeness (QED) is 0.567. The summed E-state index contributed by atoms with van der Waals surface area (Å²) < 4.78 is 0. The van der Waals surface area contributed by atoms with Crippen LogP contribution in [0.3, 0.4) is 0 Å². The van der Waals surface area contributed by atoms with Crippen molar-refractivity contribution in [2.24, 2.45) is 5.92 Å². The van der Waals surface area contributed by atoms with Gasteiger partial charge in [0, 0.05) is 0 Å². The van der Waals surface area contributed by atoms with E-state index in [4.69, 9.17) is 10.2 Å². The topological polar surface area (TPSA) is 74.6 Å². The van der Waals surface area contributed by atoms with Gasteiger partial charge < -0.3 is 10.2 Å². The summed E-state index contributed by atoms with van der Waals surface area (Å²) in [5.41, 5.74) is 1.09. The maximum absolute atomic E-state index is 10.6. The number of aliphatic carboxylic acids is 2. The summed E-state index contributed by atoms with van der Waals surface area (Å²) in [5.74, 6) is -3.81. The first-order valence-corrected chi connectivity index (χ1v) is 5.11. The van der Waals surface area contributed by atoms with Gasteiger partial charge in [-0.15, -0.1) is 0 Å². The van der Waals surface area contributed by atoms with Crippen molar-refractivity contribution in [3.8, 4) is 0 Å². The zero-order valence-corrected chi connectivity index (χ0v) is 8.80. The van der Waals surface area contributed by atoms with Crippen LogP contribution in [0.1, 0.15) is 18.4 Å². The summed E-state index contributed by atoms with van der Waals surface area (Å²) in [5, 5.41) is 17.3. The second kappa shape index (κ2) is 7.94. The monoisotopic (exact) mass is 230 g/mol. The molecule has 0 aliphatic rings. The number of carboxylic acids is 2. The first kappa shape index (κ1) is 15.8. The fraction of sp³-hybridized carbons (Fsp3) is 0.333. The van der Waals surface area contributed by atoms with Gasteiger partial charge in [-0.2, -0.15) is 0 Å². The molecule has 1 aromatic carbocycles. The van der Waals surface area contributed by atoms with Crippen molar-refractivity contribution >= 4 is 30.8 Å². The Kier molecular flexibility index (Phi) is 7.36. The van der Waals surface area contributed by atoms with Crippen LogP contribution >= 0.6 is 0 Å². The van der Waals surface area contributed by atoms with Gasteiger partial charge in [-0.1, -0.05) is 30.3 Å². The molecule has 0 saturated heterocycles. The third kappa shape index (κ3) is 5.57. The van der Waals surface area contributed by atoms with Gasteiger partial charge >= 0.3 is 30.8 Å². The molecule has 2 N–H and O–H groups in total. The number of rotatable bonds is 6. The van der Waals surface area contributed by atoms with Crippen molar-refractivity contribution in [1.29, 1.82) is 0 Å². The predicted octanol–water partition coefficient (Wildman–Crippen LogP) is 1.15. The Balaban J connectivity index is 0.00000256. The van der Waals surface area contributed by atoms with Crippen LogP contribution in [0, 0.1) is 5.92 Å². The van der Waals surface area contributed by atoms with E-state index in [1.54, 1.807) is 0 Å². The molecule has 0 bridgehead atoms. The van der Waals surface area contributed by atoms with Gasteiger partial charge in [-0.3, -0.25) is 9.59 Å². The fourth-order valence-electron chi connectivity index (χ4n) is 1.51. The molecule has 0 heterocycles. The number of hydrogen-bond donors (Lipinski definition) is 2. The fourth-order valence-corrected chi connectivity index (χ4v) is 1.51. The zero-order valence-electron chi connectivity index (χ0n) is 8.80. The van der Waals surface area contributed by atoms with Crippen LogP contribution in [0.25, 0.3) is 0 Å². The third-order valence-electron chi connectivity index (χ3n) is 2.40. The minimum absolute atomic E-state index is 0.